The third-order valence-corrected chi connectivity index (χ3v) is 5.98. The Morgan fingerprint density at radius 3 is 2.70 bits per heavy atom. The average molecular weight is 272 g/mol. The first-order valence-electron chi connectivity index (χ1n) is 8.36. The minimum Gasteiger partial charge on any atom is -0.0955 e. The van der Waals surface area contributed by atoms with Gasteiger partial charge in [-0.2, -0.15) is 0 Å². The molecular weight excluding hydrogens is 240 g/mol. The lowest BCUT2D eigenvalue weighted by atomic mass is 9.51. The van der Waals surface area contributed by atoms with Gasteiger partial charge in [-0.05, 0) is 41.4 Å². The van der Waals surface area contributed by atoms with Crippen molar-refractivity contribution in [2.45, 2.75) is 60.3 Å². The van der Waals surface area contributed by atoms with E-state index in [4.69, 9.17) is 0 Å². The molecule has 112 valence electrons. The van der Waals surface area contributed by atoms with Crippen LogP contribution in [0.2, 0.25) is 0 Å². The Bertz CT molecular complexity index is 423. The molecule has 4 atom stereocenters. The summed E-state index contributed by atoms with van der Waals surface area (Å²) in [5.74, 6) is 2.09. The largest absolute Gasteiger partial charge is 0.0955 e. The predicted octanol–water partition coefficient (Wildman–Crippen LogP) is 6.16. The second-order valence-electron chi connectivity index (χ2n) is 8.02. The van der Waals surface area contributed by atoms with Crippen LogP contribution in [0.5, 0.6) is 0 Å². The number of hydrogen-bond acceptors (Lipinski definition) is 0. The van der Waals surface area contributed by atoms with Crippen LogP contribution >= 0.6 is 0 Å². The van der Waals surface area contributed by atoms with Crippen LogP contribution in [0, 0.1) is 28.6 Å². The van der Waals surface area contributed by atoms with E-state index in [1.807, 2.05) is 0 Å². The van der Waals surface area contributed by atoms with Gasteiger partial charge in [-0.15, -0.1) is 0 Å². The summed E-state index contributed by atoms with van der Waals surface area (Å²) in [6, 6.07) is 0. The molecule has 0 aromatic carbocycles. The molecule has 2 rings (SSSR count). The van der Waals surface area contributed by atoms with Crippen molar-refractivity contribution in [3.63, 3.8) is 0 Å². The molecule has 0 fully saturated rings. The summed E-state index contributed by atoms with van der Waals surface area (Å²) in [7, 11) is 0. The van der Waals surface area contributed by atoms with Gasteiger partial charge in [0.25, 0.3) is 0 Å². The van der Waals surface area contributed by atoms with E-state index in [0.717, 1.165) is 5.92 Å². The van der Waals surface area contributed by atoms with Gasteiger partial charge < -0.3 is 0 Å². The van der Waals surface area contributed by atoms with Crippen LogP contribution in [-0.4, -0.2) is 0 Å². The smallest absolute Gasteiger partial charge is 0.00101 e. The van der Waals surface area contributed by atoms with Gasteiger partial charge in [0.2, 0.25) is 0 Å². The highest BCUT2D eigenvalue weighted by Gasteiger charge is 2.48. The zero-order valence-electron chi connectivity index (χ0n) is 14.1. The van der Waals surface area contributed by atoms with Crippen LogP contribution < -0.4 is 0 Å². The number of allylic oxidation sites excluding steroid dienone is 5. The van der Waals surface area contributed by atoms with Crippen molar-refractivity contribution in [3.05, 3.63) is 36.5 Å². The number of hydrogen-bond donors (Lipinski definition) is 0. The lowest BCUT2D eigenvalue weighted by molar-refractivity contribution is 0.0744. The highest BCUT2D eigenvalue weighted by molar-refractivity contribution is 5.33. The summed E-state index contributed by atoms with van der Waals surface area (Å²) < 4.78 is 0. The fourth-order valence-corrected chi connectivity index (χ4v) is 4.38. The predicted molar refractivity (Wildman–Crippen MR) is 89.6 cm³/mol. The van der Waals surface area contributed by atoms with E-state index in [2.05, 4.69) is 65.5 Å². The van der Waals surface area contributed by atoms with Crippen molar-refractivity contribution in [2.75, 3.05) is 0 Å². The molecule has 0 unspecified atom stereocenters. The molecule has 0 saturated heterocycles. The molecule has 0 aromatic rings. The molecule has 0 radical (unpaired) electrons. The van der Waals surface area contributed by atoms with Gasteiger partial charge in [0.05, 0.1) is 0 Å². The van der Waals surface area contributed by atoms with Gasteiger partial charge in [-0.3, -0.25) is 0 Å². The van der Waals surface area contributed by atoms with Gasteiger partial charge >= 0.3 is 0 Å². The van der Waals surface area contributed by atoms with Crippen molar-refractivity contribution < 1.29 is 0 Å². The zero-order chi connectivity index (χ0) is 15.0. The fourth-order valence-electron chi connectivity index (χ4n) is 4.38. The third-order valence-electron chi connectivity index (χ3n) is 5.98. The van der Waals surface area contributed by atoms with Crippen molar-refractivity contribution in [2.24, 2.45) is 28.6 Å². The number of rotatable bonds is 4. The topological polar surface area (TPSA) is 0 Å². The van der Waals surface area contributed by atoms with Crippen molar-refractivity contribution in [1.29, 1.82) is 0 Å². The monoisotopic (exact) mass is 272 g/mol. The Hall–Kier alpha value is -0.780. The van der Waals surface area contributed by atoms with Crippen LogP contribution in [0.4, 0.5) is 0 Å². The normalized spacial score (nSPS) is 36.8. The zero-order valence-corrected chi connectivity index (χ0v) is 14.1. The van der Waals surface area contributed by atoms with Gasteiger partial charge in [-0.25, -0.2) is 0 Å². The first-order chi connectivity index (χ1) is 9.31. The van der Waals surface area contributed by atoms with Crippen LogP contribution in [0.3, 0.4) is 0 Å². The summed E-state index contributed by atoms with van der Waals surface area (Å²) in [4.78, 5) is 0. The minimum absolute atomic E-state index is 0.265. The first-order valence-corrected chi connectivity index (χ1v) is 8.36. The van der Waals surface area contributed by atoms with Gasteiger partial charge in [-0.1, -0.05) is 83.9 Å². The SMILES string of the molecule is C=C1C=C[C@H]2C(C)(C)CC=C[C@]2(C)[C@H]1CC[C@H](C)CC. The van der Waals surface area contributed by atoms with Crippen molar-refractivity contribution in [3.8, 4) is 0 Å². The third kappa shape index (κ3) is 2.67. The second-order valence-corrected chi connectivity index (χ2v) is 8.02. The molecule has 0 bridgehead atoms. The molecule has 20 heavy (non-hydrogen) atoms. The Labute approximate surface area is 126 Å². The molecule has 0 heterocycles. The molecular formula is C20H32. The Morgan fingerprint density at radius 2 is 2.05 bits per heavy atom. The van der Waals surface area contributed by atoms with Crippen LogP contribution in [0.15, 0.2) is 36.5 Å². The quantitative estimate of drug-likeness (QED) is 0.537. The van der Waals surface area contributed by atoms with Crippen LogP contribution in [0.25, 0.3) is 0 Å². The molecule has 0 nitrogen and oxygen atoms in total. The molecule has 0 N–H and O–H groups in total. The van der Waals surface area contributed by atoms with Crippen LogP contribution in [-0.2, 0) is 0 Å². The van der Waals surface area contributed by atoms with E-state index < -0.39 is 0 Å². The summed E-state index contributed by atoms with van der Waals surface area (Å²) in [5, 5.41) is 0. The molecule has 2 aliphatic carbocycles. The van der Waals surface area contributed by atoms with Crippen molar-refractivity contribution >= 4 is 0 Å². The van der Waals surface area contributed by atoms with E-state index in [1.54, 1.807) is 0 Å². The highest BCUT2D eigenvalue weighted by Crippen LogP contribution is 2.57. The van der Waals surface area contributed by atoms with Crippen LogP contribution in [0.1, 0.15) is 60.3 Å². The Kier molecular flexibility index (Phi) is 4.33. The van der Waals surface area contributed by atoms with Gasteiger partial charge in [0.15, 0.2) is 0 Å². The molecule has 0 aliphatic heterocycles. The van der Waals surface area contributed by atoms with Gasteiger partial charge in [0, 0.05) is 0 Å². The molecule has 2 aliphatic rings. The minimum atomic E-state index is 0.265. The summed E-state index contributed by atoms with van der Waals surface area (Å²) in [6.45, 7) is 16.3. The highest BCUT2D eigenvalue weighted by atomic mass is 14.5. The lowest BCUT2D eigenvalue weighted by Gasteiger charge is -2.53. The van der Waals surface area contributed by atoms with Crippen molar-refractivity contribution in [1.82, 2.24) is 0 Å². The number of fused-ring (bicyclic) bond motifs is 1. The standard InChI is InChI=1S/C20H32/c1-7-15(2)9-11-17-16(3)10-12-18-19(4,5)13-8-14-20(17,18)6/h8,10,12,14-15,17-18H,3,7,9,11,13H2,1-2,4-6H3/t15-,17+,18+,20-/m1/s1. The van der Waals surface area contributed by atoms with E-state index in [1.165, 1.54) is 31.3 Å². The maximum Gasteiger partial charge on any atom is -0.00101 e. The molecule has 0 saturated carbocycles. The van der Waals surface area contributed by atoms with E-state index in [9.17, 15) is 0 Å². The second kappa shape index (κ2) is 5.54. The van der Waals surface area contributed by atoms with Gasteiger partial charge in [0.1, 0.15) is 0 Å². The summed E-state index contributed by atoms with van der Waals surface area (Å²) in [6.07, 6.45) is 14.8. The molecule has 0 heteroatoms. The molecule has 0 spiro atoms. The Morgan fingerprint density at radius 1 is 1.35 bits per heavy atom. The first kappa shape index (κ1) is 15.6. The average Bonchev–Trinajstić information content (AvgIpc) is 2.36. The van der Waals surface area contributed by atoms with E-state index >= 15 is 0 Å². The molecule has 0 aromatic heterocycles. The fraction of sp³-hybridized carbons (Fsp3) is 0.700. The Balaban J connectivity index is 2.27. The maximum absolute atomic E-state index is 4.36. The van der Waals surface area contributed by atoms with E-state index in [-0.39, 0.29) is 5.41 Å². The maximum atomic E-state index is 4.36. The lowest BCUT2D eigenvalue weighted by Crippen LogP contribution is -2.45. The molecule has 0 amide bonds. The van der Waals surface area contributed by atoms with E-state index in [0.29, 0.717) is 17.3 Å². The summed E-state index contributed by atoms with van der Waals surface area (Å²) in [5.41, 5.74) is 1.98. The summed E-state index contributed by atoms with van der Waals surface area (Å²) >= 11 is 0.